The fourth-order valence-corrected chi connectivity index (χ4v) is 3.34. The van der Waals surface area contributed by atoms with Crippen LogP contribution in [0.2, 0.25) is 0 Å². The number of hydrogen-bond donors (Lipinski definition) is 1. The first kappa shape index (κ1) is 12.2. The van der Waals surface area contributed by atoms with E-state index in [9.17, 15) is 4.79 Å². The maximum atomic E-state index is 12.3. The van der Waals surface area contributed by atoms with E-state index in [4.69, 9.17) is 5.26 Å². The van der Waals surface area contributed by atoms with Gasteiger partial charge in [0.1, 0.15) is 11.6 Å². The summed E-state index contributed by atoms with van der Waals surface area (Å²) in [6.45, 7) is 3.74. The van der Waals surface area contributed by atoms with Crippen LogP contribution in [0.15, 0.2) is 11.6 Å². The molecule has 1 aliphatic carbocycles. The lowest BCUT2D eigenvalue weighted by molar-refractivity contribution is 0.103. The molecule has 0 unspecified atom stereocenters. The molecule has 4 nitrogen and oxygen atoms in total. The van der Waals surface area contributed by atoms with Crippen LogP contribution >= 0.6 is 15.9 Å². The number of allylic oxidation sites excluding steroid dienone is 2. The highest BCUT2D eigenvalue weighted by Gasteiger charge is 2.26. The highest BCUT2D eigenvalue weighted by Crippen LogP contribution is 2.20. The standard InChI is InChI=1S/C14H12BrN3O/c1-8-11-7-17-3-2-4-18(11)13-10(15)5-9(6-16)14(19)12(8)13/h5,7,17H,2-4H2,1H3. The maximum absolute atomic E-state index is 12.3. The first-order valence-corrected chi connectivity index (χ1v) is 6.93. The second kappa shape index (κ2) is 4.39. The maximum Gasteiger partial charge on any atom is 0.206 e. The number of nitrogens with one attached hydrogen (secondary N) is 1. The Morgan fingerprint density at radius 3 is 3.05 bits per heavy atom. The molecular formula is C14H12BrN3O. The number of carbonyl (C=O) groups excluding carboxylic acids is 1. The van der Waals surface area contributed by atoms with Crippen LogP contribution in [0.3, 0.4) is 0 Å². The molecule has 0 fully saturated rings. The van der Waals surface area contributed by atoms with Crippen LogP contribution in [0.25, 0.3) is 10.7 Å². The molecule has 5 heteroatoms. The second-order valence-electron chi connectivity index (χ2n) is 4.68. The molecule has 1 aromatic rings. The number of aromatic nitrogens is 1. The molecule has 96 valence electrons. The highest BCUT2D eigenvalue weighted by atomic mass is 79.9. The van der Waals surface area contributed by atoms with E-state index in [-0.39, 0.29) is 11.4 Å². The Kier molecular flexibility index (Phi) is 2.83. The molecule has 1 aliphatic heterocycles. The normalized spacial score (nSPS) is 17.4. The average Bonchev–Trinajstić information content (AvgIpc) is 2.57. The summed E-state index contributed by atoms with van der Waals surface area (Å²) < 4.78 is 2.96. The van der Waals surface area contributed by atoms with Crippen molar-refractivity contribution in [3.8, 4) is 6.07 Å². The molecule has 0 atom stereocenters. The molecule has 0 saturated carbocycles. The lowest BCUT2D eigenvalue weighted by Crippen LogP contribution is -2.31. The minimum atomic E-state index is -0.174. The molecular weight excluding hydrogens is 306 g/mol. The molecule has 1 N–H and O–H groups in total. The van der Waals surface area contributed by atoms with Crippen LogP contribution in [-0.2, 0) is 6.54 Å². The van der Waals surface area contributed by atoms with Gasteiger partial charge in [-0.05, 0) is 40.9 Å². The summed E-state index contributed by atoms with van der Waals surface area (Å²) in [5.74, 6) is -0.174. The quantitative estimate of drug-likeness (QED) is 0.765. The van der Waals surface area contributed by atoms with Crippen molar-refractivity contribution in [2.24, 2.45) is 0 Å². The number of carbonyl (C=O) groups is 1. The molecule has 19 heavy (non-hydrogen) atoms. The first-order chi connectivity index (χ1) is 9.15. The smallest absolute Gasteiger partial charge is 0.206 e. The zero-order valence-electron chi connectivity index (χ0n) is 10.5. The molecule has 0 radical (unpaired) electrons. The molecule has 0 bridgehead atoms. The number of nitrogens with zero attached hydrogens (tertiary/aromatic N) is 2. The monoisotopic (exact) mass is 317 g/mol. The third-order valence-electron chi connectivity index (χ3n) is 3.59. The fourth-order valence-electron chi connectivity index (χ4n) is 2.69. The number of Topliss-reactive ketones (excluding diaryl/α,β-unsaturated/α-hetero) is 1. The number of nitriles is 1. The number of ketones is 1. The van der Waals surface area contributed by atoms with Gasteiger partial charge in [-0.15, -0.1) is 0 Å². The van der Waals surface area contributed by atoms with Crippen LogP contribution in [0, 0.1) is 18.3 Å². The number of fused-ring (bicyclic) bond motifs is 3. The summed E-state index contributed by atoms with van der Waals surface area (Å²) in [6, 6.07) is 1.97. The van der Waals surface area contributed by atoms with Gasteiger partial charge in [-0.2, -0.15) is 5.26 Å². The van der Waals surface area contributed by atoms with Crippen molar-refractivity contribution in [1.29, 1.82) is 5.26 Å². The highest BCUT2D eigenvalue weighted by molar-refractivity contribution is 9.15. The summed E-state index contributed by atoms with van der Waals surface area (Å²) >= 11 is 3.50. The Morgan fingerprint density at radius 2 is 2.32 bits per heavy atom. The van der Waals surface area contributed by atoms with Crippen molar-refractivity contribution >= 4 is 32.4 Å². The van der Waals surface area contributed by atoms with Crippen molar-refractivity contribution in [2.75, 3.05) is 6.54 Å². The minimum Gasteiger partial charge on any atom is -0.389 e. The predicted octanol–water partition coefficient (Wildman–Crippen LogP) is 0.677. The van der Waals surface area contributed by atoms with Gasteiger partial charge < -0.3 is 9.88 Å². The van der Waals surface area contributed by atoms with Crippen molar-refractivity contribution in [3.63, 3.8) is 0 Å². The molecule has 0 saturated heterocycles. The van der Waals surface area contributed by atoms with Crippen LogP contribution < -0.4 is 16.0 Å². The van der Waals surface area contributed by atoms with Gasteiger partial charge in [-0.1, -0.05) is 0 Å². The average molecular weight is 318 g/mol. The summed E-state index contributed by atoms with van der Waals surface area (Å²) in [6.07, 6.45) is 4.59. The van der Waals surface area contributed by atoms with E-state index in [1.807, 2.05) is 19.2 Å². The molecule has 0 amide bonds. The Labute approximate surface area is 118 Å². The largest absolute Gasteiger partial charge is 0.389 e. The van der Waals surface area contributed by atoms with E-state index < -0.39 is 0 Å². The first-order valence-electron chi connectivity index (χ1n) is 6.14. The van der Waals surface area contributed by atoms with Gasteiger partial charge in [0.05, 0.1) is 16.3 Å². The number of hydrogen-bond acceptors (Lipinski definition) is 3. The van der Waals surface area contributed by atoms with Gasteiger partial charge in [0.2, 0.25) is 5.78 Å². The minimum absolute atomic E-state index is 0.174. The van der Waals surface area contributed by atoms with E-state index in [0.29, 0.717) is 5.56 Å². The number of halogens is 1. The zero-order chi connectivity index (χ0) is 13.6. The third kappa shape index (κ3) is 1.67. The second-order valence-corrected chi connectivity index (χ2v) is 5.54. The topological polar surface area (TPSA) is 57.8 Å². The van der Waals surface area contributed by atoms with E-state index >= 15 is 0 Å². The van der Waals surface area contributed by atoms with Crippen LogP contribution in [0.5, 0.6) is 0 Å². The van der Waals surface area contributed by atoms with Gasteiger partial charge in [-0.3, -0.25) is 4.79 Å². The van der Waals surface area contributed by atoms with E-state index in [1.54, 1.807) is 6.08 Å². The number of rotatable bonds is 0. The summed E-state index contributed by atoms with van der Waals surface area (Å²) in [5.41, 5.74) is 1.78. The van der Waals surface area contributed by atoms with Crippen molar-refractivity contribution in [2.45, 2.75) is 19.9 Å². The molecule has 2 heterocycles. The fraction of sp³-hybridized carbons (Fsp3) is 0.286. The molecule has 0 spiro atoms. The lowest BCUT2D eigenvalue weighted by Gasteiger charge is -2.08. The van der Waals surface area contributed by atoms with Gasteiger partial charge in [0.25, 0.3) is 0 Å². The van der Waals surface area contributed by atoms with Crippen molar-refractivity contribution in [3.05, 3.63) is 33.5 Å². The Hall–Kier alpha value is -1.80. The third-order valence-corrected chi connectivity index (χ3v) is 4.19. The Balaban J connectivity index is 2.45. The van der Waals surface area contributed by atoms with Crippen LogP contribution in [0.4, 0.5) is 0 Å². The SMILES string of the molecule is Cc1c2c(n3c1=CNCCC3)=C(Br)C=C(C#N)C2=O. The van der Waals surface area contributed by atoms with Gasteiger partial charge in [0.15, 0.2) is 0 Å². The van der Waals surface area contributed by atoms with Crippen molar-refractivity contribution in [1.82, 2.24) is 9.88 Å². The summed E-state index contributed by atoms with van der Waals surface area (Å²) in [7, 11) is 0. The van der Waals surface area contributed by atoms with E-state index in [0.717, 1.165) is 40.3 Å². The Bertz CT molecular complexity index is 777. The molecule has 0 aromatic carbocycles. The lowest BCUT2D eigenvalue weighted by atomic mass is 9.98. The summed E-state index contributed by atoms with van der Waals surface area (Å²) in [4.78, 5) is 12.3. The summed E-state index contributed by atoms with van der Waals surface area (Å²) in [5, 5.41) is 14.2. The molecule has 1 aromatic heterocycles. The van der Waals surface area contributed by atoms with Crippen LogP contribution in [0.1, 0.15) is 22.3 Å². The van der Waals surface area contributed by atoms with Gasteiger partial charge >= 0.3 is 0 Å². The van der Waals surface area contributed by atoms with Crippen LogP contribution in [-0.4, -0.2) is 16.9 Å². The van der Waals surface area contributed by atoms with Crippen molar-refractivity contribution < 1.29 is 4.79 Å². The molecule has 3 rings (SSSR count). The van der Waals surface area contributed by atoms with E-state index in [1.165, 1.54) is 0 Å². The van der Waals surface area contributed by atoms with Gasteiger partial charge in [-0.25, -0.2) is 0 Å². The Morgan fingerprint density at radius 1 is 1.53 bits per heavy atom. The van der Waals surface area contributed by atoms with E-state index in [2.05, 4.69) is 25.8 Å². The van der Waals surface area contributed by atoms with Gasteiger partial charge in [0, 0.05) is 23.8 Å². The predicted molar refractivity (Wildman–Crippen MR) is 75.9 cm³/mol. The molecule has 2 aliphatic rings. The zero-order valence-corrected chi connectivity index (χ0v) is 12.0.